The molecule has 0 unspecified atom stereocenters. The molecule has 2 aliphatic heterocycles. The number of rotatable bonds is 5. The number of carbonyl (C=O) groups excluding carboxylic acids is 1. The van der Waals surface area contributed by atoms with Gasteiger partial charge in [-0.2, -0.15) is 0 Å². The average Bonchev–Trinajstić information content (AvgIpc) is 2.64. The van der Waals surface area contributed by atoms with E-state index >= 15 is 0 Å². The average molecular weight is 317 g/mol. The maximum absolute atomic E-state index is 12.4. The molecule has 2 aliphatic rings. The van der Waals surface area contributed by atoms with Gasteiger partial charge in [0.2, 0.25) is 5.91 Å². The van der Waals surface area contributed by atoms with Crippen molar-refractivity contribution in [2.75, 3.05) is 32.8 Å². The van der Waals surface area contributed by atoms with E-state index in [1.54, 1.807) is 6.20 Å². The van der Waals surface area contributed by atoms with Crippen molar-refractivity contribution >= 4 is 5.91 Å². The van der Waals surface area contributed by atoms with E-state index in [4.69, 9.17) is 4.74 Å². The molecule has 0 bridgehead atoms. The van der Waals surface area contributed by atoms with Gasteiger partial charge in [-0.15, -0.1) is 0 Å². The van der Waals surface area contributed by atoms with Crippen molar-refractivity contribution < 1.29 is 9.53 Å². The predicted octanol–water partition coefficient (Wildman–Crippen LogP) is 2.15. The van der Waals surface area contributed by atoms with Crippen molar-refractivity contribution in [2.24, 2.45) is 5.92 Å². The first-order chi connectivity index (χ1) is 11.3. The smallest absolute Gasteiger partial charge is 0.223 e. The number of piperidine rings is 1. The standard InChI is InChI=1S/C18H27N3O2/c22-18(15-6-11-23-12-7-15)20-14-17(16-5-4-8-19-13-16)21-9-2-1-3-10-21/h4-5,8,13,15,17H,1-3,6-7,9-12,14H2,(H,20,22)/t17-/m0/s1. The zero-order valence-electron chi connectivity index (χ0n) is 13.7. The highest BCUT2D eigenvalue weighted by atomic mass is 16.5. The van der Waals surface area contributed by atoms with Crippen molar-refractivity contribution in [3.63, 3.8) is 0 Å². The largest absolute Gasteiger partial charge is 0.381 e. The Morgan fingerprint density at radius 2 is 2.09 bits per heavy atom. The first-order valence-electron chi connectivity index (χ1n) is 8.84. The number of pyridine rings is 1. The summed E-state index contributed by atoms with van der Waals surface area (Å²) in [5.74, 6) is 0.291. The second kappa shape index (κ2) is 8.41. The highest BCUT2D eigenvalue weighted by Gasteiger charge is 2.26. The third kappa shape index (κ3) is 4.52. The Morgan fingerprint density at radius 1 is 1.30 bits per heavy atom. The van der Waals surface area contributed by atoms with Crippen LogP contribution < -0.4 is 5.32 Å². The van der Waals surface area contributed by atoms with Crippen LogP contribution in [0.5, 0.6) is 0 Å². The molecule has 23 heavy (non-hydrogen) atoms. The molecule has 5 nitrogen and oxygen atoms in total. The molecule has 0 spiro atoms. The summed E-state index contributed by atoms with van der Waals surface area (Å²) in [5, 5.41) is 3.18. The maximum atomic E-state index is 12.4. The van der Waals surface area contributed by atoms with Crippen molar-refractivity contribution in [2.45, 2.75) is 38.1 Å². The van der Waals surface area contributed by atoms with Crippen molar-refractivity contribution in [1.82, 2.24) is 15.2 Å². The zero-order chi connectivity index (χ0) is 15.9. The molecule has 5 heteroatoms. The lowest BCUT2D eigenvalue weighted by Crippen LogP contribution is -2.42. The summed E-state index contributed by atoms with van der Waals surface area (Å²) >= 11 is 0. The topological polar surface area (TPSA) is 54.5 Å². The van der Waals surface area contributed by atoms with Gasteiger partial charge in [-0.25, -0.2) is 0 Å². The lowest BCUT2D eigenvalue weighted by Gasteiger charge is -2.35. The minimum atomic E-state index is 0.111. The van der Waals surface area contributed by atoms with Gasteiger partial charge in [-0.3, -0.25) is 14.7 Å². The normalized spacial score (nSPS) is 21.7. The van der Waals surface area contributed by atoms with Gasteiger partial charge in [0.05, 0.1) is 6.04 Å². The molecule has 1 amide bonds. The van der Waals surface area contributed by atoms with Crippen LogP contribution in [-0.2, 0) is 9.53 Å². The SMILES string of the molecule is O=C(NC[C@@H](c1cccnc1)N1CCCCC1)C1CCOCC1. The van der Waals surface area contributed by atoms with Crippen LogP contribution in [0.15, 0.2) is 24.5 Å². The summed E-state index contributed by atoms with van der Waals surface area (Å²) in [6.45, 7) is 4.29. The van der Waals surface area contributed by atoms with E-state index < -0.39 is 0 Å². The summed E-state index contributed by atoms with van der Waals surface area (Å²) in [6, 6.07) is 4.33. The van der Waals surface area contributed by atoms with E-state index in [1.165, 1.54) is 24.8 Å². The van der Waals surface area contributed by atoms with Crippen LogP contribution >= 0.6 is 0 Å². The minimum Gasteiger partial charge on any atom is -0.381 e. The molecule has 0 saturated carbocycles. The van der Waals surface area contributed by atoms with E-state index in [-0.39, 0.29) is 17.9 Å². The Balaban J connectivity index is 1.62. The van der Waals surface area contributed by atoms with Crippen molar-refractivity contribution in [1.29, 1.82) is 0 Å². The van der Waals surface area contributed by atoms with E-state index in [2.05, 4.69) is 21.3 Å². The molecule has 3 rings (SSSR count). The van der Waals surface area contributed by atoms with Crippen LogP contribution in [0.1, 0.15) is 43.7 Å². The Bertz CT molecular complexity index is 482. The molecule has 1 aromatic heterocycles. The monoisotopic (exact) mass is 317 g/mol. The number of hydrogen-bond acceptors (Lipinski definition) is 4. The fraction of sp³-hybridized carbons (Fsp3) is 0.667. The van der Waals surface area contributed by atoms with Crippen LogP contribution in [0.3, 0.4) is 0 Å². The molecule has 1 atom stereocenters. The third-order valence-electron chi connectivity index (χ3n) is 4.96. The first-order valence-corrected chi connectivity index (χ1v) is 8.84. The lowest BCUT2D eigenvalue weighted by atomic mass is 9.98. The van der Waals surface area contributed by atoms with Gasteiger partial charge in [0.25, 0.3) is 0 Å². The number of ether oxygens (including phenoxy) is 1. The summed E-state index contributed by atoms with van der Waals surface area (Å²) in [5.41, 5.74) is 1.20. The van der Waals surface area contributed by atoms with Gasteiger partial charge in [-0.05, 0) is 50.4 Å². The highest BCUT2D eigenvalue weighted by Crippen LogP contribution is 2.24. The highest BCUT2D eigenvalue weighted by molar-refractivity contribution is 5.78. The molecule has 126 valence electrons. The molecule has 0 radical (unpaired) electrons. The molecule has 2 fully saturated rings. The van der Waals surface area contributed by atoms with Crippen LogP contribution in [-0.4, -0.2) is 48.6 Å². The molecular formula is C18H27N3O2. The van der Waals surface area contributed by atoms with E-state index in [0.29, 0.717) is 19.8 Å². The van der Waals surface area contributed by atoms with Gasteiger partial charge >= 0.3 is 0 Å². The number of likely N-dealkylation sites (tertiary alicyclic amines) is 1. The Hall–Kier alpha value is -1.46. The van der Waals surface area contributed by atoms with Gasteiger partial charge in [-0.1, -0.05) is 12.5 Å². The third-order valence-corrected chi connectivity index (χ3v) is 4.96. The van der Waals surface area contributed by atoms with Gasteiger partial charge in [0, 0.05) is 38.1 Å². The summed E-state index contributed by atoms with van der Waals surface area (Å²) in [4.78, 5) is 19.2. The molecular weight excluding hydrogens is 290 g/mol. The first kappa shape index (κ1) is 16.4. The van der Waals surface area contributed by atoms with Crippen LogP contribution in [0.4, 0.5) is 0 Å². The lowest BCUT2D eigenvalue weighted by molar-refractivity contribution is -0.128. The van der Waals surface area contributed by atoms with Gasteiger partial charge in [0.1, 0.15) is 0 Å². The Labute approximate surface area is 138 Å². The Kier molecular flexibility index (Phi) is 6.00. The van der Waals surface area contributed by atoms with Crippen LogP contribution in [0.2, 0.25) is 0 Å². The molecule has 0 aromatic carbocycles. The summed E-state index contributed by atoms with van der Waals surface area (Å²) in [6.07, 6.45) is 9.21. The van der Waals surface area contributed by atoms with Gasteiger partial charge in [0.15, 0.2) is 0 Å². The summed E-state index contributed by atoms with van der Waals surface area (Å²) < 4.78 is 5.34. The van der Waals surface area contributed by atoms with Crippen LogP contribution in [0, 0.1) is 5.92 Å². The van der Waals surface area contributed by atoms with Crippen molar-refractivity contribution in [3.05, 3.63) is 30.1 Å². The number of amides is 1. The van der Waals surface area contributed by atoms with Crippen molar-refractivity contribution in [3.8, 4) is 0 Å². The Morgan fingerprint density at radius 3 is 2.78 bits per heavy atom. The summed E-state index contributed by atoms with van der Waals surface area (Å²) in [7, 11) is 0. The van der Waals surface area contributed by atoms with Gasteiger partial charge < -0.3 is 10.1 Å². The number of carbonyl (C=O) groups is 1. The molecule has 2 saturated heterocycles. The van der Waals surface area contributed by atoms with E-state index in [9.17, 15) is 4.79 Å². The minimum absolute atomic E-state index is 0.111. The second-order valence-electron chi connectivity index (χ2n) is 6.53. The van der Waals surface area contributed by atoms with Crippen LogP contribution in [0.25, 0.3) is 0 Å². The zero-order valence-corrected chi connectivity index (χ0v) is 13.7. The fourth-order valence-electron chi connectivity index (χ4n) is 3.56. The molecule has 1 aromatic rings. The predicted molar refractivity (Wildman–Crippen MR) is 89.0 cm³/mol. The fourth-order valence-corrected chi connectivity index (χ4v) is 3.56. The molecule has 1 N–H and O–H groups in total. The number of nitrogens with one attached hydrogen (secondary N) is 1. The molecule has 3 heterocycles. The molecule has 0 aliphatic carbocycles. The number of nitrogens with zero attached hydrogens (tertiary/aromatic N) is 2. The maximum Gasteiger partial charge on any atom is 0.223 e. The second-order valence-corrected chi connectivity index (χ2v) is 6.53. The van der Waals surface area contributed by atoms with E-state index in [0.717, 1.165) is 25.9 Å². The quantitative estimate of drug-likeness (QED) is 0.904. The number of hydrogen-bond donors (Lipinski definition) is 1. The van der Waals surface area contributed by atoms with E-state index in [1.807, 2.05) is 12.3 Å². The number of aromatic nitrogens is 1.